The predicted octanol–water partition coefficient (Wildman–Crippen LogP) is 2.17. The molecule has 32 heavy (non-hydrogen) atoms. The van der Waals surface area contributed by atoms with Crippen molar-refractivity contribution in [3.8, 4) is 0 Å². The van der Waals surface area contributed by atoms with Crippen molar-refractivity contribution in [2.75, 3.05) is 11.9 Å². The Balaban J connectivity index is 1.85. The molecule has 1 aromatic heterocycles. The van der Waals surface area contributed by atoms with E-state index in [-0.39, 0.29) is 29.5 Å². The van der Waals surface area contributed by atoms with Gasteiger partial charge in [-0.05, 0) is 63.9 Å². The van der Waals surface area contributed by atoms with E-state index in [2.05, 4.69) is 16.0 Å². The minimum absolute atomic E-state index is 0.0931. The average molecular weight is 442 g/mol. The molecular weight excluding hydrogens is 415 g/mol. The molecule has 0 aliphatic carbocycles. The molecule has 9 heteroatoms. The summed E-state index contributed by atoms with van der Waals surface area (Å²) in [6.07, 6.45) is 0. The van der Waals surface area contributed by atoms with Gasteiger partial charge in [0, 0.05) is 25.0 Å². The Bertz CT molecular complexity index is 1150. The van der Waals surface area contributed by atoms with E-state index in [9.17, 15) is 23.6 Å². The van der Waals surface area contributed by atoms with Crippen LogP contribution in [0, 0.1) is 32.0 Å². The Morgan fingerprint density at radius 1 is 1.19 bits per heavy atom. The number of hydrogen-bond donors (Lipinski definition) is 3. The van der Waals surface area contributed by atoms with Crippen LogP contribution in [0.3, 0.4) is 0 Å². The molecule has 1 aromatic carbocycles. The van der Waals surface area contributed by atoms with Crippen molar-refractivity contribution in [1.82, 2.24) is 15.2 Å². The Morgan fingerprint density at radius 2 is 1.84 bits per heavy atom. The van der Waals surface area contributed by atoms with E-state index < -0.39 is 29.1 Å². The Hall–Kier alpha value is -3.49. The first-order valence-corrected chi connectivity index (χ1v) is 10.2. The molecule has 0 spiro atoms. The molecule has 0 bridgehead atoms. The molecule has 170 valence electrons. The molecule has 1 atom stereocenters. The van der Waals surface area contributed by atoms with Gasteiger partial charge >= 0.3 is 0 Å². The van der Waals surface area contributed by atoms with E-state index in [4.69, 9.17) is 0 Å². The van der Waals surface area contributed by atoms with Gasteiger partial charge in [0.05, 0.1) is 22.7 Å². The molecule has 1 aliphatic rings. The zero-order valence-electron chi connectivity index (χ0n) is 19.0. The van der Waals surface area contributed by atoms with Gasteiger partial charge in [-0.1, -0.05) is 0 Å². The first-order chi connectivity index (χ1) is 14.9. The topological polar surface area (TPSA) is 109 Å². The summed E-state index contributed by atoms with van der Waals surface area (Å²) < 4.78 is 15.0. The number of aromatic nitrogens is 1. The third-order valence-corrected chi connectivity index (χ3v) is 6.22. The van der Waals surface area contributed by atoms with E-state index in [1.807, 2.05) is 0 Å². The molecule has 8 nitrogen and oxygen atoms in total. The summed E-state index contributed by atoms with van der Waals surface area (Å²) in [5.41, 5.74) is 1.20. The van der Waals surface area contributed by atoms with Crippen LogP contribution in [0.1, 0.15) is 51.5 Å². The van der Waals surface area contributed by atoms with Crippen LogP contribution in [0.4, 0.5) is 10.1 Å². The molecule has 0 saturated carbocycles. The second-order valence-corrected chi connectivity index (χ2v) is 8.70. The molecule has 2 heterocycles. The van der Waals surface area contributed by atoms with E-state index >= 15 is 0 Å². The van der Waals surface area contributed by atoms with Crippen molar-refractivity contribution in [2.24, 2.45) is 12.5 Å². The molecular formula is C23H27FN4O4. The van der Waals surface area contributed by atoms with Crippen LogP contribution in [-0.2, 0) is 16.6 Å². The number of halogens is 1. The monoisotopic (exact) mass is 442 g/mol. The van der Waals surface area contributed by atoms with Crippen molar-refractivity contribution in [3.63, 3.8) is 0 Å². The number of nitrogens with zero attached hydrogens (tertiary/aromatic N) is 1. The lowest BCUT2D eigenvalue weighted by molar-refractivity contribution is -0.127. The number of ketones is 1. The molecule has 3 amide bonds. The van der Waals surface area contributed by atoms with Gasteiger partial charge in [-0.15, -0.1) is 0 Å². The second kappa shape index (κ2) is 8.22. The van der Waals surface area contributed by atoms with Crippen LogP contribution < -0.4 is 16.0 Å². The van der Waals surface area contributed by atoms with Crippen LogP contribution in [0.25, 0.3) is 0 Å². The smallest absolute Gasteiger partial charge is 0.294 e. The quantitative estimate of drug-likeness (QED) is 0.487. The van der Waals surface area contributed by atoms with Crippen LogP contribution in [0.5, 0.6) is 0 Å². The highest BCUT2D eigenvalue weighted by atomic mass is 19.1. The zero-order chi connectivity index (χ0) is 24.0. The van der Waals surface area contributed by atoms with Gasteiger partial charge in [-0.25, -0.2) is 4.39 Å². The molecule has 3 rings (SSSR count). The van der Waals surface area contributed by atoms with Crippen molar-refractivity contribution in [3.05, 3.63) is 52.1 Å². The SMILES string of the molecule is Cc1cc(NC(=O)c2c(C)c(C(=O)C(=O)N[C@H]3CNC(=O)C3(C)C)n(C)c2C)ccc1F. The highest BCUT2D eigenvalue weighted by molar-refractivity contribution is 6.43. The molecule has 2 aromatic rings. The van der Waals surface area contributed by atoms with Gasteiger partial charge in [-0.2, -0.15) is 0 Å². The lowest BCUT2D eigenvalue weighted by Crippen LogP contribution is -2.48. The number of carbonyl (C=O) groups excluding carboxylic acids is 4. The van der Waals surface area contributed by atoms with E-state index in [1.165, 1.54) is 22.8 Å². The largest absolute Gasteiger partial charge is 0.353 e. The maximum atomic E-state index is 13.5. The van der Waals surface area contributed by atoms with Crippen LogP contribution in [0.15, 0.2) is 18.2 Å². The Kier molecular flexibility index (Phi) is 5.95. The number of carbonyl (C=O) groups is 4. The van der Waals surface area contributed by atoms with Crippen molar-refractivity contribution >= 4 is 29.2 Å². The van der Waals surface area contributed by atoms with E-state index in [0.717, 1.165) is 0 Å². The number of nitrogens with one attached hydrogen (secondary N) is 3. The fraction of sp³-hybridized carbons (Fsp3) is 0.391. The first kappa shape index (κ1) is 23.2. The predicted molar refractivity (Wildman–Crippen MR) is 117 cm³/mol. The summed E-state index contributed by atoms with van der Waals surface area (Å²) in [6.45, 7) is 8.50. The van der Waals surface area contributed by atoms with Gasteiger partial charge in [-0.3, -0.25) is 19.2 Å². The highest BCUT2D eigenvalue weighted by Crippen LogP contribution is 2.27. The third-order valence-electron chi connectivity index (χ3n) is 6.22. The summed E-state index contributed by atoms with van der Waals surface area (Å²) in [5.74, 6) is -2.68. The van der Waals surface area contributed by atoms with Crippen LogP contribution in [-0.4, -0.2) is 40.7 Å². The van der Waals surface area contributed by atoms with E-state index in [0.29, 0.717) is 22.5 Å². The summed E-state index contributed by atoms with van der Waals surface area (Å²) >= 11 is 0. The first-order valence-electron chi connectivity index (χ1n) is 10.2. The van der Waals surface area contributed by atoms with Gasteiger partial charge in [0.1, 0.15) is 5.82 Å². The van der Waals surface area contributed by atoms with Crippen LogP contribution in [0.2, 0.25) is 0 Å². The second-order valence-electron chi connectivity index (χ2n) is 8.70. The number of amides is 3. The van der Waals surface area contributed by atoms with Gasteiger partial charge < -0.3 is 20.5 Å². The summed E-state index contributed by atoms with van der Waals surface area (Å²) in [4.78, 5) is 50.5. The van der Waals surface area contributed by atoms with Crippen LogP contribution >= 0.6 is 0 Å². The van der Waals surface area contributed by atoms with Gasteiger partial charge in [0.25, 0.3) is 17.6 Å². The van der Waals surface area contributed by atoms with E-state index in [1.54, 1.807) is 41.7 Å². The Morgan fingerprint density at radius 3 is 2.41 bits per heavy atom. The number of aryl methyl sites for hydroxylation is 1. The molecule has 1 fully saturated rings. The number of rotatable bonds is 5. The van der Waals surface area contributed by atoms with Crippen molar-refractivity contribution < 1.29 is 23.6 Å². The minimum Gasteiger partial charge on any atom is -0.353 e. The van der Waals surface area contributed by atoms with Crippen molar-refractivity contribution in [1.29, 1.82) is 0 Å². The lowest BCUT2D eigenvalue weighted by atomic mass is 9.87. The summed E-state index contributed by atoms with van der Waals surface area (Å²) in [7, 11) is 1.60. The van der Waals surface area contributed by atoms with Gasteiger partial charge in [0.2, 0.25) is 5.91 Å². The highest BCUT2D eigenvalue weighted by Gasteiger charge is 2.44. The fourth-order valence-electron chi connectivity index (χ4n) is 3.95. The number of Topliss-reactive ketones (excluding diaryl/α,β-unsaturated/α-hetero) is 1. The summed E-state index contributed by atoms with van der Waals surface area (Å²) in [5, 5.41) is 8.03. The van der Waals surface area contributed by atoms with Crippen molar-refractivity contribution in [2.45, 2.75) is 40.7 Å². The number of hydrogen-bond acceptors (Lipinski definition) is 4. The third kappa shape index (κ3) is 3.90. The Labute approximate surface area is 185 Å². The molecule has 1 saturated heterocycles. The molecule has 0 unspecified atom stereocenters. The minimum atomic E-state index is -0.843. The summed E-state index contributed by atoms with van der Waals surface area (Å²) in [6, 6.07) is 3.70. The maximum Gasteiger partial charge on any atom is 0.294 e. The number of anilines is 1. The number of benzene rings is 1. The molecule has 3 N–H and O–H groups in total. The average Bonchev–Trinajstić information content (AvgIpc) is 3.10. The lowest BCUT2D eigenvalue weighted by Gasteiger charge is -2.24. The fourth-order valence-corrected chi connectivity index (χ4v) is 3.95. The van der Waals surface area contributed by atoms with Gasteiger partial charge in [0.15, 0.2) is 0 Å². The zero-order valence-corrected chi connectivity index (χ0v) is 19.0. The standard InChI is InChI=1S/C23H27FN4O4/c1-11-9-14(7-8-15(11)24)26-20(30)17-12(2)18(28(6)13(17)3)19(29)21(31)27-16-10-25-22(32)23(16,4)5/h7-9,16H,10H2,1-6H3,(H,25,32)(H,26,30)(H,27,31)/t16-/m0/s1. The molecule has 1 aliphatic heterocycles. The maximum absolute atomic E-state index is 13.5. The normalized spacial score (nSPS) is 17.1. The molecule has 0 radical (unpaired) electrons.